The molecule has 6 nitrogen and oxygen atoms in total. The predicted molar refractivity (Wildman–Crippen MR) is 104 cm³/mol. The summed E-state index contributed by atoms with van der Waals surface area (Å²) < 4.78 is 45.1. The Bertz CT molecular complexity index is 902. The van der Waals surface area contributed by atoms with Crippen LogP contribution in [0.5, 0.6) is 5.75 Å². The van der Waals surface area contributed by atoms with Crippen molar-refractivity contribution in [2.24, 2.45) is 0 Å². The van der Waals surface area contributed by atoms with E-state index in [0.29, 0.717) is 18.0 Å². The first-order chi connectivity index (χ1) is 12.8. The number of hydrogen-bond acceptors (Lipinski definition) is 4. The van der Waals surface area contributed by atoms with E-state index in [-0.39, 0.29) is 12.1 Å². The van der Waals surface area contributed by atoms with Gasteiger partial charge < -0.3 is 10.1 Å². The molecule has 2 rings (SSSR count). The fourth-order valence-electron chi connectivity index (χ4n) is 2.72. The van der Waals surface area contributed by atoms with Crippen molar-refractivity contribution in [3.05, 3.63) is 54.3 Å². The van der Waals surface area contributed by atoms with Gasteiger partial charge in [-0.15, -0.1) is 0 Å². The molecule has 0 heterocycles. The van der Waals surface area contributed by atoms with Gasteiger partial charge in [-0.1, -0.05) is 25.1 Å². The lowest BCUT2D eigenvalue weighted by atomic mass is 10.1. The number of carbonyl (C=O) groups excluding carboxylic acids is 1. The number of para-hydroxylation sites is 1. The lowest BCUT2D eigenvalue weighted by Crippen LogP contribution is -2.47. The number of sulfonamides is 1. The zero-order valence-electron chi connectivity index (χ0n) is 15.5. The molecule has 0 aliphatic carbocycles. The van der Waals surface area contributed by atoms with Crippen molar-refractivity contribution in [1.29, 1.82) is 0 Å². The number of anilines is 2. The Hall–Kier alpha value is -2.61. The minimum atomic E-state index is -3.90. The van der Waals surface area contributed by atoms with Gasteiger partial charge in [-0.05, 0) is 37.6 Å². The van der Waals surface area contributed by atoms with E-state index in [1.165, 1.54) is 18.2 Å². The van der Waals surface area contributed by atoms with Gasteiger partial charge in [-0.3, -0.25) is 9.10 Å². The number of ether oxygens (including phenoxy) is 1. The van der Waals surface area contributed by atoms with E-state index >= 15 is 0 Å². The second-order valence-electron chi connectivity index (χ2n) is 5.88. The number of nitrogens with one attached hydrogen (secondary N) is 1. The van der Waals surface area contributed by atoms with Crippen molar-refractivity contribution in [1.82, 2.24) is 0 Å². The van der Waals surface area contributed by atoms with Crippen LogP contribution < -0.4 is 14.4 Å². The zero-order valence-corrected chi connectivity index (χ0v) is 16.3. The maximum absolute atomic E-state index is 14.2. The minimum absolute atomic E-state index is 0.162. The van der Waals surface area contributed by atoms with Gasteiger partial charge in [0, 0.05) is 11.8 Å². The van der Waals surface area contributed by atoms with E-state index in [0.717, 1.165) is 16.6 Å². The number of amides is 1. The molecule has 0 radical (unpaired) electrons. The lowest BCUT2D eigenvalue weighted by molar-refractivity contribution is -0.117. The van der Waals surface area contributed by atoms with Gasteiger partial charge in [0.25, 0.3) is 0 Å². The van der Waals surface area contributed by atoms with E-state index in [1.807, 2.05) is 6.92 Å². The first-order valence-electron chi connectivity index (χ1n) is 8.55. The molecule has 0 unspecified atom stereocenters. The highest BCUT2D eigenvalue weighted by Gasteiger charge is 2.33. The van der Waals surface area contributed by atoms with E-state index in [2.05, 4.69) is 5.32 Å². The number of nitrogens with zero attached hydrogens (tertiary/aromatic N) is 1. The molecule has 0 aliphatic rings. The van der Waals surface area contributed by atoms with Crippen molar-refractivity contribution < 1.29 is 22.3 Å². The SMILES string of the molecule is CCOc1cccc(NC(=O)[C@@H](CC)N(c2ccccc2F)S(C)(=O)=O)c1. The summed E-state index contributed by atoms with van der Waals surface area (Å²) in [5.74, 6) is -0.690. The largest absolute Gasteiger partial charge is 0.494 e. The normalized spacial score (nSPS) is 12.3. The Labute approximate surface area is 159 Å². The van der Waals surface area contributed by atoms with E-state index < -0.39 is 27.8 Å². The molecule has 1 atom stereocenters. The third-order valence-electron chi connectivity index (χ3n) is 3.83. The number of benzene rings is 2. The maximum Gasteiger partial charge on any atom is 0.248 e. The Kier molecular flexibility index (Phi) is 6.79. The van der Waals surface area contributed by atoms with Crippen LogP contribution in [-0.4, -0.2) is 33.2 Å². The third-order valence-corrected chi connectivity index (χ3v) is 5.00. The molecular formula is C19H23FN2O4S. The van der Waals surface area contributed by atoms with Crippen LogP contribution in [0.3, 0.4) is 0 Å². The molecule has 1 amide bonds. The van der Waals surface area contributed by atoms with Crippen molar-refractivity contribution in [2.75, 3.05) is 22.5 Å². The molecule has 0 fully saturated rings. The number of hydrogen-bond donors (Lipinski definition) is 1. The standard InChI is InChI=1S/C19H23FN2O4S/c1-4-17(19(23)21-14-9-8-10-15(13-14)26-5-2)22(27(3,24)25)18-12-7-6-11-16(18)20/h6-13,17H,4-5H2,1-3H3,(H,21,23)/t17-/m1/s1. The number of rotatable bonds is 8. The Balaban J connectivity index is 2.35. The molecule has 8 heteroatoms. The van der Waals surface area contributed by atoms with Crippen LogP contribution in [0.25, 0.3) is 0 Å². The van der Waals surface area contributed by atoms with Gasteiger partial charge in [-0.25, -0.2) is 12.8 Å². The van der Waals surface area contributed by atoms with Crippen LogP contribution >= 0.6 is 0 Å². The monoisotopic (exact) mass is 394 g/mol. The topological polar surface area (TPSA) is 75.7 Å². The van der Waals surface area contributed by atoms with Crippen LogP contribution in [0, 0.1) is 5.82 Å². The van der Waals surface area contributed by atoms with Crippen LogP contribution in [0.1, 0.15) is 20.3 Å². The quantitative estimate of drug-likeness (QED) is 0.745. The highest BCUT2D eigenvalue weighted by molar-refractivity contribution is 7.92. The summed E-state index contributed by atoms with van der Waals surface area (Å²) in [6.07, 6.45) is 1.11. The minimum Gasteiger partial charge on any atom is -0.494 e. The smallest absolute Gasteiger partial charge is 0.248 e. The van der Waals surface area contributed by atoms with Crippen molar-refractivity contribution in [3.8, 4) is 5.75 Å². The van der Waals surface area contributed by atoms with Gasteiger partial charge >= 0.3 is 0 Å². The molecule has 0 saturated heterocycles. The summed E-state index contributed by atoms with van der Waals surface area (Å²) in [5, 5.41) is 2.69. The number of carbonyl (C=O) groups is 1. The van der Waals surface area contributed by atoms with E-state index in [9.17, 15) is 17.6 Å². The van der Waals surface area contributed by atoms with Gasteiger partial charge in [-0.2, -0.15) is 0 Å². The summed E-state index contributed by atoms with van der Waals surface area (Å²) in [7, 11) is -3.90. The Morgan fingerprint density at radius 2 is 1.89 bits per heavy atom. The molecule has 146 valence electrons. The fourth-order valence-corrected chi connectivity index (χ4v) is 3.93. The summed E-state index contributed by atoms with van der Waals surface area (Å²) in [6.45, 7) is 3.99. The van der Waals surface area contributed by atoms with Crippen LogP contribution in [0.2, 0.25) is 0 Å². The van der Waals surface area contributed by atoms with Crippen LogP contribution in [0.4, 0.5) is 15.8 Å². The first-order valence-corrected chi connectivity index (χ1v) is 10.4. The Morgan fingerprint density at radius 1 is 1.19 bits per heavy atom. The summed E-state index contributed by atoms with van der Waals surface area (Å²) >= 11 is 0. The second kappa shape index (κ2) is 8.85. The summed E-state index contributed by atoms with van der Waals surface area (Å²) in [4.78, 5) is 12.8. The van der Waals surface area contributed by atoms with Crippen LogP contribution in [0.15, 0.2) is 48.5 Å². The zero-order chi connectivity index (χ0) is 20.0. The summed E-state index contributed by atoms with van der Waals surface area (Å²) in [6, 6.07) is 11.1. The van der Waals surface area contributed by atoms with Crippen molar-refractivity contribution >= 4 is 27.3 Å². The van der Waals surface area contributed by atoms with Gasteiger partial charge in [0.2, 0.25) is 15.9 Å². The average Bonchev–Trinajstić information content (AvgIpc) is 2.60. The molecule has 1 N–H and O–H groups in total. The lowest BCUT2D eigenvalue weighted by Gasteiger charge is -2.30. The second-order valence-corrected chi connectivity index (χ2v) is 7.74. The van der Waals surface area contributed by atoms with E-state index in [4.69, 9.17) is 4.74 Å². The molecule has 2 aromatic rings. The van der Waals surface area contributed by atoms with Gasteiger partial charge in [0.1, 0.15) is 17.6 Å². The molecule has 0 aliphatic heterocycles. The number of halogens is 1. The molecule has 0 bridgehead atoms. The van der Waals surface area contributed by atoms with E-state index in [1.54, 1.807) is 31.2 Å². The predicted octanol–water partition coefficient (Wildman–Crippen LogP) is 3.41. The third kappa shape index (κ3) is 5.19. The van der Waals surface area contributed by atoms with Crippen molar-refractivity contribution in [2.45, 2.75) is 26.3 Å². The highest BCUT2D eigenvalue weighted by Crippen LogP contribution is 2.26. The first kappa shape index (κ1) is 20.7. The molecular weight excluding hydrogens is 371 g/mol. The molecule has 0 spiro atoms. The molecule has 27 heavy (non-hydrogen) atoms. The van der Waals surface area contributed by atoms with Gasteiger partial charge in [0.05, 0.1) is 18.6 Å². The van der Waals surface area contributed by atoms with Crippen LogP contribution in [-0.2, 0) is 14.8 Å². The molecule has 2 aromatic carbocycles. The highest BCUT2D eigenvalue weighted by atomic mass is 32.2. The maximum atomic E-state index is 14.2. The van der Waals surface area contributed by atoms with Gasteiger partial charge in [0.15, 0.2) is 0 Å². The molecule has 0 saturated carbocycles. The Morgan fingerprint density at radius 3 is 2.48 bits per heavy atom. The average molecular weight is 394 g/mol. The molecule has 0 aromatic heterocycles. The fraction of sp³-hybridized carbons (Fsp3) is 0.316. The van der Waals surface area contributed by atoms with Crippen molar-refractivity contribution in [3.63, 3.8) is 0 Å². The summed E-state index contributed by atoms with van der Waals surface area (Å²) in [5.41, 5.74) is 0.302.